The molecule has 2 rings (SSSR count). The van der Waals surface area contributed by atoms with Crippen LogP contribution in [-0.4, -0.2) is 22.4 Å². The van der Waals surface area contributed by atoms with Gasteiger partial charge in [-0.3, -0.25) is 0 Å². The smallest absolute Gasteiger partial charge is 0.0797 e. The lowest BCUT2D eigenvalue weighted by Crippen LogP contribution is -2.43. The van der Waals surface area contributed by atoms with E-state index in [1.54, 1.807) is 6.08 Å². The van der Waals surface area contributed by atoms with Crippen LogP contribution in [0.3, 0.4) is 0 Å². The van der Waals surface area contributed by atoms with Crippen LogP contribution in [-0.2, 0) is 4.74 Å². The van der Waals surface area contributed by atoms with E-state index in [9.17, 15) is 5.11 Å². The van der Waals surface area contributed by atoms with E-state index in [0.717, 1.165) is 25.7 Å². The summed E-state index contributed by atoms with van der Waals surface area (Å²) in [6, 6.07) is 0. The minimum atomic E-state index is -0.765. The number of rotatable bonds is 7. The first-order valence-electron chi connectivity index (χ1n) is 8.80. The molecule has 2 fully saturated rings. The molecule has 0 aromatic carbocycles. The van der Waals surface area contributed by atoms with Crippen LogP contribution in [0.15, 0.2) is 24.3 Å². The van der Waals surface area contributed by atoms with Crippen LogP contribution < -0.4 is 0 Å². The van der Waals surface area contributed by atoms with E-state index in [0.29, 0.717) is 12.0 Å². The molecule has 2 saturated heterocycles. The summed E-state index contributed by atoms with van der Waals surface area (Å²) in [4.78, 5) is 0. The van der Waals surface area contributed by atoms with Gasteiger partial charge in [-0.05, 0) is 77.6 Å². The Bertz CT molecular complexity index is 447. The Morgan fingerprint density at radius 1 is 1.41 bits per heavy atom. The van der Waals surface area contributed by atoms with E-state index in [-0.39, 0.29) is 11.0 Å². The fourth-order valence-electron chi connectivity index (χ4n) is 4.68. The molecule has 0 radical (unpaired) electrons. The van der Waals surface area contributed by atoms with E-state index in [4.69, 9.17) is 4.74 Å². The minimum Gasteiger partial charge on any atom is -0.386 e. The molecule has 2 aliphatic rings. The van der Waals surface area contributed by atoms with Crippen LogP contribution in [0.1, 0.15) is 73.1 Å². The van der Waals surface area contributed by atoms with Gasteiger partial charge >= 0.3 is 0 Å². The van der Waals surface area contributed by atoms with E-state index in [1.165, 1.54) is 18.4 Å². The summed E-state index contributed by atoms with van der Waals surface area (Å²) in [6.07, 6.45) is 10.8. The van der Waals surface area contributed by atoms with Crippen molar-refractivity contribution in [2.75, 3.05) is 0 Å². The largest absolute Gasteiger partial charge is 0.386 e. The molecular weight excluding hydrogens is 272 g/mol. The summed E-state index contributed by atoms with van der Waals surface area (Å²) in [5.74, 6) is 0.524. The average molecular weight is 306 g/mol. The summed E-state index contributed by atoms with van der Waals surface area (Å²) in [6.45, 7) is 14.6. The Labute approximate surface area is 136 Å². The van der Waals surface area contributed by atoms with Crippen molar-refractivity contribution in [1.29, 1.82) is 0 Å². The fraction of sp³-hybridized carbons (Fsp3) is 0.800. The Morgan fingerprint density at radius 2 is 2.09 bits per heavy atom. The van der Waals surface area contributed by atoms with E-state index < -0.39 is 5.60 Å². The maximum Gasteiger partial charge on any atom is 0.0797 e. The van der Waals surface area contributed by atoms with Crippen LogP contribution in [0.25, 0.3) is 0 Å². The Morgan fingerprint density at radius 3 is 2.68 bits per heavy atom. The quantitative estimate of drug-likeness (QED) is 0.669. The van der Waals surface area contributed by atoms with Crippen molar-refractivity contribution in [1.82, 2.24) is 0 Å². The van der Waals surface area contributed by atoms with Crippen molar-refractivity contribution in [3.8, 4) is 0 Å². The number of allylic oxidation sites excluding steroid dienone is 2. The van der Waals surface area contributed by atoms with Gasteiger partial charge in [0.1, 0.15) is 0 Å². The molecule has 2 heteroatoms. The second kappa shape index (κ2) is 6.13. The van der Waals surface area contributed by atoms with Gasteiger partial charge in [-0.2, -0.15) is 0 Å². The first-order valence-corrected chi connectivity index (χ1v) is 8.80. The lowest BCUT2D eigenvalue weighted by Gasteiger charge is -2.43. The van der Waals surface area contributed by atoms with Crippen molar-refractivity contribution >= 4 is 0 Å². The van der Waals surface area contributed by atoms with Crippen molar-refractivity contribution in [3.63, 3.8) is 0 Å². The molecule has 2 aliphatic heterocycles. The summed E-state index contributed by atoms with van der Waals surface area (Å²) in [5.41, 5.74) is 0.863. The number of hydrogen-bond donors (Lipinski definition) is 1. The van der Waals surface area contributed by atoms with Crippen LogP contribution in [0.4, 0.5) is 0 Å². The molecule has 0 aliphatic carbocycles. The summed E-state index contributed by atoms with van der Waals surface area (Å²) in [7, 11) is 0. The zero-order chi connectivity index (χ0) is 16.6. The van der Waals surface area contributed by atoms with Gasteiger partial charge in [0.15, 0.2) is 0 Å². The zero-order valence-corrected chi connectivity index (χ0v) is 15.1. The van der Waals surface area contributed by atoms with Crippen molar-refractivity contribution in [2.45, 2.75) is 90.4 Å². The van der Waals surface area contributed by atoms with Gasteiger partial charge in [-0.1, -0.05) is 24.6 Å². The molecule has 0 unspecified atom stereocenters. The molecule has 126 valence electrons. The van der Waals surface area contributed by atoms with Crippen LogP contribution in [0.2, 0.25) is 0 Å². The molecule has 0 aromatic heterocycles. The molecule has 0 amide bonds. The highest BCUT2D eigenvalue weighted by atomic mass is 16.5. The van der Waals surface area contributed by atoms with Gasteiger partial charge in [0, 0.05) is 0 Å². The molecule has 0 aromatic rings. The molecule has 0 saturated carbocycles. The van der Waals surface area contributed by atoms with E-state index >= 15 is 0 Å². The second-order valence-corrected chi connectivity index (χ2v) is 8.44. The highest BCUT2D eigenvalue weighted by Gasteiger charge is 2.61. The summed E-state index contributed by atoms with van der Waals surface area (Å²) < 4.78 is 6.42. The molecule has 2 heterocycles. The predicted octanol–water partition coefficient (Wildman–Crippen LogP) is 5.02. The van der Waals surface area contributed by atoms with Crippen molar-refractivity contribution in [2.24, 2.45) is 11.3 Å². The summed E-state index contributed by atoms with van der Waals surface area (Å²) in [5, 5.41) is 10.3. The van der Waals surface area contributed by atoms with Gasteiger partial charge in [-0.15, -0.1) is 6.58 Å². The topological polar surface area (TPSA) is 29.5 Å². The molecule has 22 heavy (non-hydrogen) atoms. The lowest BCUT2D eigenvalue weighted by atomic mass is 9.59. The van der Waals surface area contributed by atoms with Crippen molar-refractivity contribution < 1.29 is 9.84 Å². The third-order valence-electron chi connectivity index (χ3n) is 6.20. The Hall–Kier alpha value is -0.600. The monoisotopic (exact) mass is 306 g/mol. The first-order chi connectivity index (χ1) is 10.1. The van der Waals surface area contributed by atoms with Gasteiger partial charge in [0.05, 0.1) is 17.3 Å². The molecule has 2 bridgehead atoms. The average Bonchev–Trinajstić information content (AvgIpc) is 2.89. The SMILES string of the molecule is C=C[C@@](C)(O)CC[C@H]1[C@](C)(CCC=C(C)C)[C@H]2CC[C@]1(C)O2. The molecule has 2 nitrogen and oxygen atoms in total. The second-order valence-electron chi connectivity index (χ2n) is 8.44. The lowest BCUT2D eigenvalue weighted by molar-refractivity contribution is -0.000268. The normalized spacial score (nSPS) is 39.5. The van der Waals surface area contributed by atoms with E-state index in [1.807, 2.05) is 6.92 Å². The first kappa shape index (κ1) is 17.7. The maximum atomic E-state index is 10.3. The number of aliphatic hydroxyl groups is 1. The highest BCUT2D eigenvalue weighted by Crippen LogP contribution is 2.61. The Kier molecular flexibility index (Phi) is 4.94. The molecule has 5 atom stereocenters. The van der Waals surface area contributed by atoms with Crippen LogP contribution in [0, 0.1) is 11.3 Å². The number of fused-ring (bicyclic) bond motifs is 2. The third-order valence-corrected chi connectivity index (χ3v) is 6.20. The van der Waals surface area contributed by atoms with Gasteiger partial charge in [0.25, 0.3) is 0 Å². The maximum absolute atomic E-state index is 10.3. The number of hydrogen-bond acceptors (Lipinski definition) is 2. The van der Waals surface area contributed by atoms with Crippen LogP contribution >= 0.6 is 0 Å². The number of ether oxygens (including phenoxy) is 1. The molecule has 0 spiro atoms. The molecular formula is C20H34O2. The third kappa shape index (κ3) is 3.33. The molecule has 1 N–H and O–H groups in total. The highest BCUT2D eigenvalue weighted by molar-refractivity contribution is 5.11. The standard InChI is InChI=1S/C20H34O2/c1-7-18(4,21)13-10-16-19(5,12-8-9-15(2)3)17-11-14-20(16,6)22-17/h7,9,16-17,21H,1,8,10-14H2,2-6H3/t16-,17+,18+,19-,20-/m0/s1. The fourth-order valence-corrected chi connectivity index (χ4v) is 4.68. The summed E-state index contributed by atoms with van der Waals surface area (Å²) >= 11 is 0. The Balaban J connectivity index is 2.12. The van der Waals surface area contributed by atoms with E-state index in [2.05, 4.69) is 40.3 Å². The van der Waals surface area contributed by atoms with Gasteiger partial charge < -0.3 is 9.84 Å². The van der Waals surface area contributed by atoms with Gasteiger partial charge in [-0.25, -0.2) is 0 Å². The predicted molar refractivity (Wildman–Crippen MR) is 92.8 cm³/mol. The van der Waals surface area contributed by atoms with Gasteiger partial charge in [0.2, 0.25) is 0 Å². The zero-order valence-electron chi connectivity index (χ0n) is 15.1. The van der Waals surface area contributed by atoms with Crippen molar-refractivity contribution in [3.05, 3.63) is 24.3 Å². The minimum absolute atomic E-state index is 0.00163. The van der Waals surface area contributed by atoms with Crippen LogP contribution in [0.5, 0.6) is 0 Å².